The maximum absolute atomic E-state index is 12.3. The van der Waals surface area contributed by atoms with Crippen molar-refractivity contribution in [2.45, 2.75) is 26.3 Å². The molecule has 0 aromatic carbocycles. The molecule has 1 heterocycles. The molecule has 0 radical (unpaired) electrons. The number of rotatable bonds is 6. The second kappa shape index (κ2) is 7.28. The minimum Gasteiger partial charge on any atom is -0.383 e. The van der Waals surface area contributed by atoms with E-state index in [0.29, 0.717) is 13.2 Å². The Kier molecular flexibility index (Phi) is 6.01. The van der Waals surface area contributed by atoms with Crippen molar-refractivity contribution in [1.82, 2.24) is 14.9 Å². The summed E-state index contributed by atoms with van der Waals surface area (Å²) < 4.78 is 5.02. The summed E-state index contributed by atoms with van der Waals surface area (Å²) in [6.45, 7) is 5.04. The fourth-order valence-corrected chi connectivity index (χ4v) is 1.67. The van der Waals surface area contributed by atoms with Gasteiger partial charge in [0.25, 0.3) is 5.91 Å². The van der Waals surface area contributed by atoms with E-state index < -0.39 is 0 Å². The first kappa shape index (κ1) is 14.9. The summed E-state index contributed by atoms with van der Waals surface area (Å²) >= 11 is 5.74. The number of nitrogens with zero attached hydrogens (tertiary/aromatic N) is 3. The van der Waals surface area contributed by atoms with E-state index in [9.17, 15) is 4.79 Å². The molecular formula is C12H18ClN3O2. The van der Waals surface area contributed by atoms with Gasteiger partial charge in [0.1, 0.15) is 10.8 Å². The van der Waals surface area contributed by atoms with Crippen molar-refractivity contribution in [3.8, 4) is 0 Å². The van der Waals surface area contributed by atoms with Gasteiger partial charge < -0.3 is 9.64 Å². The summed E-state index contributed by atoms with van der Waals surface area (Å²) in [7, 11) is 1.61. The predicted octanol–water partition coefficient (Wildman–Crippen LogP) is 2.02. The molecule has 100 valence electrons. The van der Waals surface area contributed by atoms with Crippen molar-refractivity contribution in [2.75, 3.05) is 20.3 Å². The number of amides is 1. The zero-order valence-electron chi connectivity index (χ0n) is 10.9. The first-order valence-electron chi connectivity index (χ1n) is 5.87. The van der Waals surface area contributed by atoms with E-state index in [1.54, 1.807) is 12.0 Å². The summed E-state index contributed by atoms with van der Waals surface area (Å²) in [5.74, 6) is -0.170. The maximum atomic E-state index is 12.3. The van der Waals surface area contributed by atoms with Gasteiger partial charge in [-0.25, -0.2) is 4.98 Å². The Morgan fingerprint density at radius 3 is 2.83 bits per heavy atom. The molecule has 5 nitrogen and oxygen atoms in total. The number of hydrogen-bond acceptors (Lipinski definition) is 4. The lowest BCUT2D eigenvalue weighted by Crippen LogP contribution is -2.41. The van der Waals surface area contributed by atoms with Crippen LogP contribution in [0.4, 0.5) is 0 Å². The van der Waals surface area contributed by atoms with Gasteiger partial charge in [-0.15, -0.1) is 0 Å². The lowest BCUT2D eigenvalue weighted by atomic mass is 10.2. The molecule has 0 bridgehead atoms. The van der Waals surface area contributed by atoms with Crippen LogP contribution in [0.15, 0.2) is 12.4 Å². The zero-order valence-corrected chi connectivity index (χ0v) is 11.6. The number of hydrogen-bond donors (Lipinski definition) is 0. The Labute approximate surface area is 112 Å². The normalized spacial score (nSPS) is 12.2. The summed E-state index contributed by atoms with van der Waals surface area (Å²) in [4.78, 5) is 21.9. The molecule has 0 aliphatic carbocycles. The largest absolute Gasteiger partial charge is 0.383 e. The van der Waals surface area contributed by atoms with Crippen LogP contribution in [0.2, 0.25) is 5.15 Å². The summed E-state index contributed by atoms with van der Waals surface area (Å²) in [5.41, 5.74) is 0.263. The minimum absolute atomic E-state index is 0.119. The number of carbonyl (C=O) groups is 1. The molecule has 1 unspecified atom stereocenters. The van der Waals surface area contributed by atoms with Crippen LogP contribution >= 0.6 is 11.6 Å². The fraction of sp³-hybridized carbons (Fsp3) is 0.583. The van der Waals surface area contributed by atoms with Gasteiger partial charge in [-0.1, -0.05) is 18.5 Å². The molecule has 1 atom stereocenters. The Bertz CT molecular complexity index is 401. The van der Waals surface area contributed by atoms with E-state index in [0.717, 1.165) is 6.42 Å². The maximum Gasteiger partial charge on any atom is 0.274 e. The Morgan fingerprint density at radius 1 is 1.56 bits per heavy atom. The van der Waals surface area contributed by atoms with Gasteiger partial charge in [0.05, 0.1) is 19.0 Å². The van der Waals surface area contributed by atoms with Gasteiger partial charge in [-0.05, 0) is 13.3 Å². The zero-order chi connectivity index (χ0) is 13.5. The van der Waals surface area contributed by atoms with E-state index in [4.69, 9.17) is 16.3 Å². The molecule has 1 aromatic rings. The van der Waals surface area contributed by atoms with E-state index in [2.05, 4.69) is 9.97 Å². The molecule has 1 rings (SSSR count). The van der Waals surface area contributed by atoms with Crippen LogP contribution in [-0.4, -0.2) is 47.1 Å². The molecular weight excluding hydrogens is 254 g/mol. The van der Waals surface area contributed by atoms with E-state index in [1.807, 2.05) is 13.8 Å². The van der Waals surface area contributed by atoms with Gasteiger partial charge in [0, 0.05) is 19.7 Å². The molecule has 0 aliphatic rings. The number of ether oxygens (including phenoxy) is 1. The third kappa shape index (κ3) is 3.92. The Morgan fingerprint density at radius 2 is 2.28 bits per heavy atom. The second-order valence-electron chi connectivity index (χ2n) is 3.98. The van der Waals surface area contributed by atoms with E-state index in [1.165, 1.54) is 12.4 Å². The highest BCUT2D eigenvalue weighted by molar-refractivity contribution is 6.29. The van der Waals surface area contributed by atoms with Crippen molar-refractivity contribution >= 4 is 17.5 Å². The minimum atomic E-state index is -0.170. The van der Waals surface area contributed by atoms with Gasteiger partial charge in [-0.3, -0.25) is 9.78 Å². The molecule has 0 aliphatic heterocycles. The van der Waals surface area contributed by atoms with Crippen LogP contribution < -0.4 is 0 Å². The number of aromatic nitrogens is 2. The van der Waals surface area contributed by atoms with Crippen molar-refractivity contribution in [3.05, 3.63) is 23.2 Å². The first-order chi connectivity index (χ1) is 8.60. The van der Waals surface area contributed by atoms with E-state index in [-0.39, 0.29) is 22.8 Å². The quantitative estimate of drug-likeness (QED) is 0.794. The number of methoxy groups -OCH3 is 1. The monoisotopic (exact) mass is 271 g/mol. The van der Waals surface area contributed by atoms with Gasteiger partial charge in [0.2, 0.25) is 0 Å². The standard InChI is InChI=1S/C12H18ClN3O2/c1-4-9(2)16(5-6-18-3)12(17)10-7-14-8-11(13)15-10/h7-9H,4-6H2,1-3H3. The predicted molar refractivity (Wildman–Crippen MR) is 69.7 cm³/mol. The third-order valence-electron chi connectivity index (χ3n) is 2.74. The molecule has 6 heteroatoms. The van der Waals surface area contributed by atoms with Crippen LogP contribution in [0, 0.1) is 0 Å². The SMILES string of the molecule is CCC(C)N(CCOC)C(=O)c1cncc(Cl)n1. The molecule has 0 saturated heterocycles. The molecule has 0 spiro atoms. The number of halogens is 1. The van der Waals surface area contributed by atoms with Crippen LogP contribution in [0.1, 0.15) is 30.8 Å². The molecule has 0 fully saturated rings. The lowest BCUT2D eigenvalue weighted by molar-refractivity contribution is 0.0607. The van der Waals surface area contributed by atoms with Crippen molar-refractivity contribution in [3.63, 3.8) is 0 Å². The molecule has 18 heavy (non-hydrogen) atoms. The van der Waals surface area contributed by atoms with Crippen molar-refractivity contribution in [1.29, 1.82) is 0 Å². The van der Waals surface area contributed by atoms with Crippen LogP contribution in [0.3, 0.4) is 0 Å². The molecule has 0 N–H and O–H groups in total. The van der Waals surface area contributed by atoms with Crippen LogP contribution in [0.25, 0.3) is 0 Å². The van der Waals surface area contributed by atoms with Gasteiger partial charge in [0.15, 0.2) is 0 Å². The first-order valence-corrected chi connectivity index (χ1v) is 6.25. The van der Waals surface area contributed by atoms with E-state index >= 15 is 0 Å². The summed E-state index contributed by atoms with van der Waals surface area (Å²) in [6, 6.07) is 0.119. The highest BCUT2D eigenvalue weighted by atomic mass is 35.5. The van der Waals surface area contributed by atoms with Gasteiger partial charge >= 0.3 is 0 Å². The van der Waals surface area contributed by atoms with Crippen LogP contribution in [0.5, 0.6) is 0 Å². The summed E-state index contributed by atoms with van der Waals surface area (Å²) in [5, 5.41) is 0.219. The lowest BCUT2D eigenvalue weighted by Gasteiger charge is -2.27. The second-order valence-corrected chi connectivity index (χ2v) is 4.36. The average molecular weight is 272 g/mol. The van der Waals surface area contributed by atoms with Gasteiger partial charge in [-0.2, -0.15) is 0 Å². The van der Waals surface area contributed by atoms with Crippen molar-refractivity contribution in [2.24, 2.45) is 0 Å². The highest BCUT2D eigenvalue weighted by Gasteiger charge is 2.21. The fourth-order valence-electron chi connectivity index (χ4n) is 1.52. The molecule has 1 amide bonds. The summed E-state index contributed by atoms with van der Waals surface area (Å²) in [6.07, 6.45) is 3.70. The Balaban J connectivity index is 2.87. The highest BCUT2D eigenvalue weighted by Crippen LogP contribution is 2.10. The third-order valence-corrected chi connectivity index (χ3v) is 2.93. The smallest absolute Gasteiger partial charge is 0.274 e. The topological polar surface area (TPSA) is 55.3 Å². The van der Waals surface area contributed by atoms with Crippen LogP contribution in [-0.2, 0) is 4.74 Å². The molecule has 0 saturated carbocycles. The molecule has 1 aromatic heterocycles. The van der Waals surface area contributed by atoms with Crippen molar-refractivity contribution < 1.29 is 9.53 Å². The average Bonchev–Trinajstić information content (AvgIpc) is 2.38. The Hall–Kier alpha value is -1.20. The number of carbonyl (C=O) groups excluding carboxylic acids is 1.